The van der Waals surface area contributed by atoms with E-state index in [2.05, 4.69) is 4.72 Å². The molecule has 3 N–H and O–H groups in total. The molecule has 0 amide bonds. The lowest BCUT2D eigenvalue weighted by molar-refractivity contribution is 0.582. The molecule has 0 unspecified atom stereocenters. The molecule has 0 heterocycles. The van der Waals surface area contributed by atoms with Crippen LogP contribution in [0, 0.1) is 0 Å². The molecule has 0 atom stereocenters. The molecule has 0 radical (unpaired) electrons. The van der Waals surface area contributed by atoms with E-state index in [1.165, 1.54) is 12.1 Å². The van der Waals surface area contributed by atoms with Gasteiger partial charge in [0.1, 0.15) is 0 Å². The Labute approximate surface area is 100 Å². The maximum absolute atomic E-state index is 11.5. The summed E-state index contributed by atoms with van der Waals surface area (Å²) in [5.41, 5.74) is 5.19. The Kier molecular flexibility index (Phi) is 6.16. The number of rotatable bonds is 4. The summed E-state index contributed by atoms with van der Waals surface area (Å²) in [6, 6.07) is 6.06. The van der Waals surface area contributed by atoms with Gasteiger partial charge in [-0.25, -0.2) is 13.1 Å². The average Bonchev–Trinajstić information content (AvgIpc) is 2.15. The minimum absolute atomic E-state index is 0. The van der Waals surface area contributed by atoms with Crippen LogP contribution in [0.2, 0.25) is 5.02 Å². The van der Waals surface area contributed by atoms with E-state index in [-0.39, 0.29) is 30.4 Å². The normalized spacial score (nSPS) is 10.8. The van der Waals surface area contributed by atoms with Crippen LogP contribution < -0.4 is 10.5 Å². The lowest BCUT2D eigenvalue weighted by atomic mass is 10.4. The highest BCUT2D eigenvalue weighted by atomic mass is 35.5. The Morgan fingerprint density at radius 1 is 1.40 bits per heavy atom. The summed E-state index contributed by atoms with van der Waals surface area (Å²) in [7, 11) is -3.46. The van der Waals surface area contributed by atoms with Crippen molar-refractivity contribution in [1.82, 2.24) is 4.72 Å². The maximum Gasteiger partial charge on any atom is 0.240 e. The summed E-state index contributed by atoms with van der Waals surface area (Å²) in [5, 5.41) is 0.389. The molecule has 7 heteroatoms. The van der Waals surface area contributed by atoms with Crippen LogP contribution in [0.4, 0.5) is 0 Å². The molecule has 0 bridgehead atoms. The summed E-state index contributed by atoms with van der Waals surface area (Å²) in [5.74, 6) is 0. The third kappa shape index (κ3) is 4.36. The monoisotopic (exact) mass is 270 g/mol. The summed E-state index contributed by atoms with van der Waals surface area (Å²) in [4.78, 5) is 0.151. The fraction of sp³-hybridized carbons (Fsp3) is 0.250. The van der Waals surface area contributed by atoms with E-state index in [0.717, 1.165) is 0 Å². The third-order valence-corrected chi connectivity index (χ3v) is 3.24. The maximum atomic E-state index is 11.5. The van der Waals surface area contributed by atoms with Crippen molar-refractivity contribution in [2.24, 2.45) is 5.73 Å². The van der Waals surface area contributed by atoms with Gasteiger partial charge in [-0.05, 0) is 18.2 Å². The van der Waals surface area contributed by atoms with Crippen LogP contribution in [0.1, 0.15) is 0 Å². The van der Waals surface area contributed by atoms with Crippen molar-refractivity contribution in [3.63, 3.8) is 0 Å². The SMILES string of the molecule is Cl.NCCNS(=O)(=O)c1cccc(Cl)c1. The van der Waals surface area contributed by atoms with E-state index in [9.17, 15) is 8.42 Å². The molecule has 0 saturated carbocycles. The predicted octanol–water partition coefficient (Wildman–Crippen LogP) is 0.999. The quantitative estimate of drug-likeness (QED) is 0.858. The van der Waals surface area contributed by atoms with E-state index in [1.807, 2.05) is 0 Å². The van der Waals surface area contributed by atoms with E-state index in [0.29, 0.717) is 5.02 Å². The predicted molar refractivity (Wildman–Crippen MR) is 62.9 cm³/mol. The Hall–Kier alpha value is -0.330. The first-order valence-electron chi connectivity index (χ1n) is 4.01. The number of nitrogens with two attached hydrogens (primary N) is 1. The smallest absolute Gasteiger partial charge is 0.240 e. The van der Waals surface area contributed by atoms with Gasteiger partial charge in [0.05, 0.1) is 4.90 Å². The zero-order chi connectivity index (χ0) is 10.6. The second kappa shape index (κ2) is 6.30. The highest BCUT2D eigenvalue weighted by molar-refractivity contribution is 7.89. The molecule has 1 aromatic carbocycles. The Balaban J connectivity index is 0.00000196. The summed E-state index contributed by atoms with van der Waals surface area (Å²) < 4.78 is 25.4. The number of halogens is 2. The van der Waals surface area contributed by atoms with Crippen LogP contribution >= 0.6 is 24.0 Å². The lowest BCUT2D eigenvalue weighted by Crippen LogP contribution is -2.29. The van der Waals surface area contributed by atoms with Crippen LogP contribution in [-0.2, 0) is 10.0 Å². The standard InChI is InChI=1S/C8H11ClN2O2S.ClH/c9-7-2-1-3-8(6-7)14(12,13)11-5-4-10;/h1-3,6,11H,4-5,10H2;1H. The fourth-order valence-electron chi connectivity index (χ4n) is 0.911. The van der Waals surface area contributed by atoms with Gasteiger partial charge in [-0.15, -0.1) is 12.4 Å². The number of hydrogen-bond donors (Lipinski definition) is 2. The third-order valence-electron chi connectivity index (χ3n) is 1.54. The van der Waals surface area contributed by atoms with Gasteiger partial charge in [-0.3, -0.25) is 0 Å². The van der Waals surface area contributed by atoms with Crippen molar-refractivity contribution >= 4 is 34.0 Å². The van der Waals surface area contributed by atoms with Crippen molar-refractivity contribution in [3.8, 4) is 0 Å². The largest absolute Gasteiger partial charge is 0.329 e. The van der Waals surface area contributed by atoms with Crippen LogP contribution in [0.3, 0.4) is 0 Å². The molecule has 0 fully saturated rings. The Bertz CT molecular complexity index is 409. The molecule has 0 aliphatic rings. The Morgan fingerprint density at radius 2 is 2.07 bits per heavy atom. The second-order valence-corrected chi connectivity index (χ2v) is 4.85. The molecule has 0 aliphatic carbocycles. The fourth-order valence-corrected chi connectivity index (χ4v) is 2.26. The van der Waals surface area contributed by atoms with Crippen molar-refractivity contribution in [1.29, 1.82) is 0 Å². The molecule has 0 aliphatic heterocycles. The van der Waals surface area contributed by atoms with Crippen LogP contribution in [0.5, 0.6) is 0 Å². The van der Waals surface area contributed by atoms with Gasteiger partial charge < -0.3 is 5.73 Å². The molecule has 4 nitrogen and oxygen atoms in total. The summed E-state index contributed by atoms with van der Waals surface area (Å²) in [6.45, 7) is 0.481. The van der Waals surface area contributed by atoms with Crippen molar-refractivity contribution in [2.45, 2.75) is 4.90 Å². The van der Waals surface area contributed by atoms with Gasteiger partial charge in [-0.1, -0.05) is 17.7 Å². The van der Waals surface area contributed by atoms with E-state index >= 15 is 0 Å². The van der Waals surface area contributed by atoms with Gasteiger partial charge in [0.15, 0.2) is 0 Å². The first-order chi connectivity index (χ1) is 6.56. The first-order valence-corrected chi connectivity index (χ1v) is 5.87. The molecule has 0 saturated heterocycles. The zero-order valence-corrected chi connectivity index (χ0v) is 10.2. The highest BCUT2D eigenvalue weighted by Crippen LogP contribution is 2.14. The molecule has 15 heavy (non-hydrogen) atoms. The summed E-state index contributed by atoms with van der Waals surface area (Å²) in [6.07, 6.45) is 0. The van der Waals surface area contributed by atoms with Crippen molar-refractivity contribution < 1.29 is 8.42 Å². The minimum atomic E-state index is -3.46. The zero-order valence-electron chi connectivity index (χ0n) is 7.81. The highest BCUT2D eigenvalue weighted by Gasteiger charge is 2.12. The first kappa shape index (κ1) is 14.7. The molecule has 1 rings (SSSR count). The van der Waals surface area contributed by atoms with E-state index < -0.39 is 10.0 Å². The lowest BCUT2D eigenvalue weighted by Gasteiger charge is -2.05. The van der Waals surface area contributed by atoms with Crippen molar-refractivity contribution in [3.05, 3.63) is 29.3 Å². The van der Waals surface area contributed by atoms with Gasteiger partial charge in [0.25, 0.3) is 0 Å². The van der Waals surface area contributed by atoms with Gasteiger partial charge >= 0.3 is 0 Å². The molecule has 0 aromatic heterocycles. The molecule has 86 valence electrons. The van der Waals surface area contributed by atoms with Crippen LogP contribution in [0.25, 0.3) is 0 Å². The topological polar surface area (TPSA) is 72.2 Å². The van der Waals surface area contributed by atoms with E-state index in [4.69, 9.17) is 17.3 Å². The number of nitrogens with one attached hydrogen (secondary N) is 1. The molecular formula is C8H12Cl2N2O2S. The molecule has 1 aromatic rings. The van der Waals surface area contributed by atoms with Gasteiger partial charge in [0.2, 0.25) is 10.0 Å². The molecule has 0 spiro atoms. The number of benzene rings is 1. The van der Waals surface area contributed by atoms with Crippen LogP contribution in [0.15, 0.2) is 29.2 Å². The average molecular weight is 271 g/mol. The number of hydrogen-bond acceptors (Lipinski definition) is 3. The minimum Gasteiger partial charge on any atom is -0.329 e. The summed E-state index contributed by atoms with van der Waals surface area (Å²) >= 11 is 5.67. The second-order valence-electron chi connectivity index (χ2n) is 2.64. The molecular weight excluding hydrogens is 259 g/mol. The van der Waals surface area contributed by atoms with Crippen molar-refractivity contribution in [2.75, 3.05) is 13.1 Å². The van der Waals surface area contributed by atoms with E-state index in [1.54, 1.807) is 12.1 Å². The van der Waals surface area contributed by atoms with Gasteiger partial charge in [-0.2, -0.15) is 0 Å². The van der Waals surface area contributed by atoms with Crippen LogP contribution in [-0.4, -0.2) is 21.5 Å². The Morgan fingerprint density at radius 3 is 2.60 bits per heavy atom. The van der Waals surface area contributed by atoms with Gasteiger partial charge in [0, 0.05) is 18.1 Å². The number of sulfonamides is 1.